The third-order valence-corrected chi connectivity index (χ3v) is 12.2. The minimum absolute atomic E-state index is 0.0805. The molecule has 0 amide bonds. The van der Waals surface area contributed by atoms with Gasteiger partial charge in [0.1, 0.15) is 0 Å². The second-order valence-corrected chi connectivity index (χ2v) is 15.1. The fourth-order valence-corrected chi connectivity index (χ4v) is 9.70. The molecule has 1 aliphatic rings. The summed E-state index contributed by atoms with van der Waals surface area (Å²) in [6.45, 7) is 4.71. The Morgan fingerprint density at radius 3 is 1.80 bits per heavy atom. The standard InChI is InChI=1S/C49H35NS/c1-49(2)43-19-9-8-16-42(43)46-44(49)20-11-21-45(46)50(36-27-22-33(23-28-36)32-12-4-3-5-13-32)37-29-24-35(25-30-37)39-17-10-18-40-41-31-26-34-14-6-7-15-38(34)48(41)51-47(39)40/h3-31H,1-2H3. The Balaban J connectivity index is 1.13. The van der Waals surface area contributed by atoms with E-state index >= 15 is 0 Å². The lowest BCUT2D eigenvalue weighted by Crippen LogP contribution is -2.16. The molecule has 1 aromatic heterocycles. The zero-order valence-electron chi connectivity index (χ0n) is 28.6. The number of anilines is 3. The summed E-state index contributed by atoms with van der Waals surface area (Å²) in [5.74, 6) is 0. The van der Waals surface area contributed by atoms with Crippen LogP contribution in [-0.2, 0) is 5.41 Å². The zero-order valence-corrected chi connectivity index (χ0v) is 29.4. The third-order valence-electron chi connectivity index (χ3n) is 10.9. The van der Waals surface area contributed by atoms with Gasteiger partial charge in [-0.2, -0.15) is 0 Å². The van der Waals surface area contributed by atoms with Gasteiger partial charge in [-0.05, 0) is 80.0 Å². The van der Waals surface area contributed by atoms with Crippen LogP contribution in [0.1, 0.15) is 25.0 Å². The highest BCUT2D eigenvalue weighted by molar-refractivity contribution is 7.27. The van der Waals surface area contributed by atoms with Gasteiger partial charge in [0.05, 0.1) is 5.69 Å². The van der Waals surface area contributed by atoms with Crippen molar-refractivity contribution in [3.8, 4) is 33.4 Å². The average molecular weight is 670 g/mol. The van der Waals surface area contributed by atoms with Gasteiger partial charge in [0, 0.05) is 42.5 Å². The Morgan fingerprint density at radius 2 is 1.00 bits per heavy atom. The zero-order chi connectivity index (χ0) is 34.1. The molecule has 0 atom stereocenters. The molecule has 0 fully saturated rings. The smallest absolute Gasteiger partial charge is 0.0543 e. The lowest BCUT2D eigenvalue weighted by Gasteiger charge is -2.29. The summed E-state index contributed by atoms with van der Waals surface area (Å²) >= 11 is 1.91. The van der Waals surface area contributed by atoms with Crippen molar-refractivity contribution < 1.29 is 0 Å². The molecule has 0 radical (unpaired) electrons. The summed E-state index contributed by atoms with van der Waals surface area (Å²) in [5, 5.41) is 5.27. The molecule has 1 aliphatic carbocycles. The van der Waals surface area contributed by atoms with E-state index in [9.17, 15) is 0 Å². The lowest BCUT2D eigenvalue weighted by molar-refractivity contribution is 0.660. The number of rotatable bonds is 5. The fourth-order valence-electron chi connectivity index (χ4n) is 8.33. The van der Waals surface area contributed by atoms with Crippen molar-refractivity contribution in [1.82, 2.24) is 0 Å². The predicted molar refractivity (Wildman–Crippen MR) is 220 cm³/mol. The minimum atomic E-state index is -0.0805. The van der Waals surface area contributed by atoms with E-state index in [1.165, 1.54) is 81.1 Å². The summed E-state index contributed by atoms with van der Waals surface area (Å²) < 4.78 is 2.70. The van der Waals surface area contributed by atoms with Crippen molar-refractivity contribution in [3.05, 3.63) is 187 Å². The summed E-state index contributed by atoms with van der Waals surface area (Å²) in [6.07, 6.45) is 0. The molecular weight excluding hydrogens is 635 g/mol. The summed E-state index contributed by atoms with van der Waals surface area (Å²) in [6, 6.07) is 64.7. The molecule has 1 heterocycles. The first-order valence-electron chi connectivity index (χ1n) is 17.7. The van der Waals surface area contributed by atoms with Crippen LogP contribution in [0.5, 0.6) is 0 Å². The van der Waals surface area contributed by atoms with Gasteiger partial charge in [-0.25, -0.2) is 0 Å². The van der Waals surface area contributed by atoms with Crippen LogP contribution >= 0.6 is 11.3 Å². The van der Waals surface area contributed by atoms with Crippen molar-refractivity contribution in [2.45, 2.75) is 19.3 Å². The van der Waals surface area contributed by atoms with Crippen molar-refractivity contribution in [1.29, 1.82) is 0 Å². The van der Waals surface area contributed by atoms with Crippen LogP contribution in [0.15, 0.2) is 176 Å². The maximum Gasteiger partial charge on any atom is 0.0543 e. The number of thiophene rings is 1. The molecular formula is C49H35NS. The van der Waals surface area contributed by atoms with E-state index < -0.39 is 0 Å². The van der Waals surface area contributed by atoms with E-state index in [0.29, 0.717) is 0 Å². The van der Waals surface area contributed by atoms with Crippen LogP contribution in [0.3, 0.4) is 0 Å². The molecule has 0 bridgehead atoms. The molecule has 9 aromatic rings. The topological polar surface area (TPSA) is 3.24 Å². The summed E-state index contributed by atoms with van der Waals surface area (Å²) in [5.41, 5.74) is 13.7. The first kappa shape index (κ1) is 29.9. The summed E-state index contributed by atoms with van der Waals surface area (Å²) in [4.78, 5) is 2.45. The first-order chi connectivity index (χ1) is 25.1. The van der Waals surface area contributed by atoms with Gasteiger partial charge < -0.3 is 4.90 Å². The van der Waals surface area contributed by atoms with Crippen molar-refractivity contribution in [2.75, 3.05) is 4.90 Å². The van der Waals surface area contributed by atoms with Gasteiger partial charge in [-0.15, -0.1) is 11.3 Å². The number of hydrogen-bond donors (Lipinski definition) is 0. The van der Waals surface area contributed by atoms with E-state index in [1.54, 1.807) is 0 Å². The SMILES string of the molecule is CC1(C)c2ccccc2-c2c(N(c3ccc(-c4ccccc4)cc3)c3ccc(-c4cccc5c4sc4c6ccccc6ccc54)cc3)cccc21. The van der Waals surface area contributed by atoms with Crippen LogP contribution in [0, 0.1) is 0 Å². The minimum Gasteiger partial charge on any atom is -0.310 e. The van der Waals surface area contributed by atoms with Crippen LogP contribution in [-0.4, -0.2) is 0 Å². The Labute approximate surface area is 302 Å². The normalized spacial score (nSPS) is 13.1. The van der Waals surface area contributed by atoms with E-state index in [1.807, 2.05) is 11.3 Å². The van der Waals surface area contributed by atoms with Crippen LogP contribution in [0.25, 0.3) is 64.3 Å². The third kappa shape index (κ3) is 4.67. The molecule has 1 nitrogen and oxygen atoms in total. The van der Waals surface area contributed by atoms with Gasteiger partial charge in [0.2, 0.25) is 0 Å². The molecule has 0 aliphatic heterocycles. The van der Waals surface area contributed by atoms with Crippen LogP contribution in [0.4, 0.5) is 17.1 Å². The van der Waals surface area contributed by atoms with E-state index in [2.05, 4.69) is 195 Å². The molecule has 0 saturated heterocycles. The largest absolute Gasteiger partial charge is 0.310 e. The molecule has 2 heteroatoms. The average Bonchev–Trinajstić information content (AvgIpc) is 3.69. The molecule has 0 unspecified atom stereocenters. The highest BCUT2D eigenvalue weighted by Crippen LogP contribution is 2.54. The molecule has 0 saturated carbocycles. The van der Waals surface area contributed by atoms with E-state index in [-0.39, 0.29) is 5.41 Å². The quantitative estimate of drug-likeness (QED) is 0.176. The fraction of sp³-hybridized carbons (Fsp3) is 0.0612. The Bertz CT molecular complexity index is 2750. The van der Waals surface area contributed by atoms with E-state index in [0.717, 1.165) is 11.4 Å². The molecule has 8 aromatic carbocycles. The second kappa shape index (κ2) is 11.6. The van der Waals surface area contributed by atoms with Gasteiger partial charge >= 0.3 is 0 Å². The maximum atomic E-state index is 2.45. The second-order valence-electron chi connectivity index (χ2n) is 14.1. The Kier molecular flexibility index (Phi) is 6.78. The molecule has 242 valence electrons. The first-order valence-corrected chi connectivity index (χ1v) is 18.5. The number of fused-ring (bicyclic) bond motifs is 8. The lowest BCUT2D eigenvalue weighted by atomic mass is 9.82. The van der Waals surface area contributed by atoms with Crippen LogP contribution < -0.4 is 4.90 Å². The Hall–Kier alpha value is -5.96. The molecule has 51 heavy (non-hydrogen) atoms. The van der Waals surface area contributed by atoms with Crippen molar-refractivity contribution in [2.24, 2.45) is 0 Å². The Morgan fingerprint density at radius 1 is 0.412 bits per heavy atom. The predicted octanol–water partition coefficient (Wildman–Crippen LogP) is 14.3. The van der Waals surface area contributed by atoms with E-state index in [4.69, 9.17) is 0 Å². The monoisotopic (exact) mass is 669 g/mol. The summed E-state index contributed by atoms with van der Waals surface area (Å²) in [7, 11) is 0. The molecule has 0 N–H and O–H groups in total. The molecule has 0 spiro atoms. The number of hydrogen-bond acceptors (Lipinski definition) is 2. The number of benzene rings is 8. The van der Waals surface area contributed by atoms with Crippen LogP contribution in [0.2, 0.25) is 0 Å². The number of nitrogens with zero attached hydrogens (tertiary/aromatic N) is 1. The van der Waals surface area contributed by atoms with Gasteiger partial charge in [0.15, 0.2) is 0 Å². The molecule has 10 rings (SSSR count). The van der Waals surface area contributed by atoms with Gasteiger partial charge in [0.25, 0.3) is 0 Å². The highest BCUT2D eigenvalue weighted by Gasteiger charge is 2.37. The van der Waals surface area contributed by atoms with Gasteiger partial charge in [-0.1, -0.05) is 159 Å². The van der Waals surface area contributed by atoms with Crippen molar-refractivity contribution in [3.63, 3.8) is 0 Å². The van der Waals surface area contributed by atoms with Crippen molar-refractivity contribution >= 4 is 59.3 Å². The maximum absolute atomic E-state index is 2.45. The highest BCUT2D eigenvalue weighted by atomic mass is 32.1. The van der Waals surface area contributed by atoms with Gasteiger partial charge in [-0.3, -0.25) is 0 Å².